The number of hydrogen-bond acceptors (Lipinski definition) is 7. The zero-order chi connectivity index (χ0) is 25.7. The second-order valence-electron chi connectivity index (χ2n) is 10.6. The Kier molecular flexibility index (Phi) is 6.20. The van der Waals surface area contributed by atoms with Gasteiger partial charge in [-0.1, -0.05) is 6.07 Å². The van der Waals surface area contributed by atoms with Gasteiger partial charge in [-0.05, 0) is 57.7 Å². The summed E-state index contributed by atoms with van der Waals surface area (Å²) in [7, 11) is 1.82. The van der Waals surface area contributed by atoms with Crippen LogP contribution in [0.4, 0.5) is 5.69 Å². The lowest BCUT2D eigenvalue weighted by molar-refractivity contribution is -0.0390. The molecule has 3 aromatic heterocycles. The van der Waals surface area contributed by atoms with Gasteiger partial charge in [-0.2, -0.15) is 5.10 Å². The molecule has 2 aliphatic heterocycles. The zero-order valence-electron chi connectivity index (χ0n) is 22.0. The van der Waals surface area contributed by atoms with E-state index < -0.39 is 0 Å². The molecule has 9 heteroatoms. The predicted octanol–water partition coefficient (Wildman–Crippen LogP) is 4.04. The van der Waals surface area contributed by atoms with Crippen molar-refractivity contribution in [1.29, 1.82) is 0 Å². The van der Waals surface area contributed by atoms with Crippen LogP contribution in [0.25, 0.3) is 22.1 Å². The molecule has 0 spiro atoms. The molecule has 0 aliphatic carbocycles. The first-order chi connectivity index (χ1) is 17.9. The molecular weight excluding hydrogens is 466 g/mol. The van der Waals surface area contributed by atoms with Crippen molar-refractivity contribution in [3.05, 3.63) is 58.8 Å². The number of anilines is 1. The lowest BCUT2D eigenvalue weighted by atomic mass is 10.00. The number of aryl methyl sites for hydroxylation is 1. The molecule has 4 aromatic rings. The lowest BCUT2D eigenvalue weighted by Gasteiger charge is -2.47. The molecule has 0 radical (unpaired) electrons. The van der Waals surface area contributed by atoms with Gasteiger partial charge in [-0.15, -0.1) is 0 Å². The number of rotatable bonds is 4. The number of hydrogen-bond donors (Lipinski definition) is 0. The van der Waals surface area contributed by atoms with Gasteiger partial charge >= 0.3 is 0 Å². The van der Waals surface area contributed by atoms with Crippen LogP contribution in [0.15, 0.2) is 47.7 Å². The van der Waals surface area contributed by atoms with E-state index in [1.165, 1.54) is 5.56 Å². The van der Waals surface area contributed by atoms with Crippen LogP contribution in [-0.4, -0.2) is 61.0 Å². The van der Waals surface area contributed by atoms with E-state index in [2.05, 4.69) is 58.7 Å². The van der Waals surface area contributed by atoms with Gasteiger partial charge in [0.25, 0.3) is 5.56 Å². The molecule has 0 N–H and O–H groups in total. The SMILES string of the molecule is CC(c1ccc2nccnc2c1)N1C[C@H](C)N(c2cc(=O)n(C)c3cn(C4CCCCO4)nc23)C[C@H]1C. The monoisotopic (exact) mass is 501 g/mol. The van der Waals surface area contributed by atoms with Crippen molar-refractivity contribution in [1.82, 2.24) is 29.2 Å². The van der Waals surface area contributed by atoms with Crippen LogP contribution in [0.1, 0.15) is 57.9 Å². The van der Waals surface area contributed by atoms with Crippen molar-refractivity contribution < 1.29 is 4.74 Å². The molecule has 2 saturated heterocycles. The summed E-state index contributed by atoms with van der Waals surface area (Å²) in [5.74, 6) is 0. The van der Waals surface area contributed by atoms with E-state index in [1.54, 1.807) is 23.0 Å². The van der Waals surface area contributed by atoms with Crippen LogP contribution >= 0.6 is 0 Å². The summed E-state index contributed by atoms with van der Waals surface area (Å²) in [4.78, 5) is 26.8. The predicted molar refractivity (Wildman–Crippen MR) is 145 cm³/mol. The fraction of sp³-hybridized carbons (Fsp3) is 0.500. The van der Waals surface area contributed by atoms with E-state index in [9.17, 15) is 4.79 Å². The Labute approximate surface area is 216 Å². The second kappa shape index (κ2) is 9.54. The van der Waals surface area contributed by atoms with E-state index in [0.29, 0.717) is 0 Å². The van der Waals surface area contributed by atoms with E-state index in [4.69, 9.17) is 9.84 Å². The number of ether oxygens (including phenoxy) is 1. The molecule has 1 aromatic carbocycles. The Balaban J connectivity index is 1.30. The maximum absolute atomic E-state index is 13.0. The van der Waals surface area contributed by atoms with Crippen molar-refractivity contribution in [3.8, 4) is 0 Å². The lowest BCUT2D eigenvalue weighted by Crippen LogP contribution is -2.57. The number of pyridine rings is 1. The molecule has 2 fully saturated rings. The number of piperazine rings is 1. The molecule has 0 saturated carbocycles. The maximum atomic E-state index is 13.0. The van der Waals surface area contributed by atoms with Gasteiger partial charge < -0.3 is 14.2 Å². The quantitative estimate of drug-likeness (QED) is 0.417. The summed E-state index contributed by atoms with van der Waals surface area (Å²) >= 11 is 0. The van der Waals surface area contributed by atoms with Crippen LogP contribution in [0.2, 0.25) is 0 Å². The molecular formula is C28H35N7O2. The van der Waals surface area contributed by atoms with Crippen molar-refractivity contribution in [2.45, 2.75) is 64.4 Å². The molecule has 2 aliphatic rings. The van der Waals surface area contributed by atoms with Crippen LogP contribution in [-0.2, 0) is 11.8 Å². The van der Waals surface area contributed by atoms with Crippen molar-refractivity contribution >= 4 is 27.8 Å². The Morgan fingerprint density at radius 3 is 2.62 bits per heavy atom. The fourth-order valence-electron chi connectivity index (χ4n) is 5.97. The third kappa shape index (κ3) is 4.30. The van der Waals surface area contributed by atoms with Crippen molar-refractivity contribution in [2.75, 3.05) is 24.6 Å². The number of fused-ring (bicyclic) bond motifs is 2. The van der Waals surface area contributed by atoms with E-state index >= 15 is 0 Å². The highest BCUT2D eigenvalue weighted by Gasteiger charge is 2.34. The third-order valence-electron chi connectivity index (χ3n) is 8.17. The normalized spacial score (nSPS) is 24.1. The molecule has 2 unspecified atom stereocenters. The number of aromatic nitrogens is 5. The Bertz CT molecular complexity index is 1490. The number of nitrogens with zero attached hydrogens (tertiary/aromatic N) is 7. The van der Waals surface area contributed by atoms with Gasteiger partial charge in [0.05, 0.1) is 28.4 Å². The van der Waals surface area contributed by atoms with Gasteiger partial charge in [-0.25, -0.2) is 4.68 Å². The minimum Gasteiger partial charge on any atom is -0.364 e. The minimum absolute atomic E-state index is 0.0143. The van der Waals surface area contributed by atoms with Crippen LogP contribution in [0, 0.1) is 0 Å². The third-order valence-corrected chi connectivity index (χ3v) is 8.17. The molecule has 4 atom stereocenters. The average Bonchev–Trinajstić information content (AvgIpc) is 3.38. The first-order valence-corrected chi connectivity index (χ1v) is 13.3. The Morgan fingerprint density at radius 1 is 1.03 bits per heavy atom. The molecule has 0 amide bonds. The smallest absolute Gasteiger partial charge is 0.252 e. The molecule has 37 heavy (non-hydrogen) atoms. The Hall–Kier alpha value is -3.30. The highest BCUT2D eigenvalue weighted by Crippen LogP contribution is 2.34. The van der Waals surface area contributed by atoms with E-state index in [-0.39, 0.29) is 29.9 Å². The van der Waals surface area contributed by atoms with Crippen LogP contribution < -0.4 is 10.5 Å². The first kappa shape index (κ1) is 24.1. The second-order valence-corrected chi connectivity index (χ2v) is 10.6. The molecule has 9 nitrogen and oxygen atoms in total. The van der Waals surface area contributed by atoms with E-state index in [0.717, 1.165) is 66.7 Å². The average molecular weight is 502 g/mol. The van der Waals surface area contributed by atoms with Gasteiger partial charge in [0.15, 0.2) is 0 Å². The van der Waals surface area contributed by atoms with Crippen molar-refractivity contribution in [2.24, 2.45) is 7.05 Å². The Morgan fingerprint density at radius 2 is 1.84 bits per heavy atom. The van der Waals surface area contributed by atoms with Gasteiger partial charge in [-0.3, -0.25) is 19.7 Å². The van der Waals surface area contributed by atoms with Crippen molar-refractivity contribution in [3.63, 3.8) is 0 Å². The number of benzene rings is 1. The molecule has 5 heterocycles. The van der Waals surface area contributed by atoms with Gasteiger partial charge in [0, 0.05) is 63.3 Å². The standard InChI is InChI=1S/C28H35N7O2/c1-18-16-34(19(2)15-33(18)20(3)21-8-9-22-23(13-21)30-11-10-29-22)24-14-26(36)32(4)25-17-35(31-28(24)25)27-7-5-6-12-37-27/h8-11,13-14,17-20,27H,5-7,12,15-16H2,1-4H3/t18-,19+,20?,27?/m1/s1. The molecule has 194 valence electrons. The summed E-state index contributed by atoms with van der Waals surface area (Å²) < 4.78 is 9.59. The minimum atomic E-state index is -0.0650. The topological polar surface area (TPSA) is 81.3 Å². The summed E-state index contributed by atoms with van der Waals surface area (Å²) in [6.45, 7) is 9.22. The molecule has 0 bridgehead atoms. The largest absolute Gasteiger partial charge is 0.364 e. The summed E-state index contributed by atoms with van der Waals surface area (Å²) in [6.07, 6.45) is 8.55. The summed E-state index contributed by atoms with van der Waals surface area (Å²) in [5, 5.41) is 4.97. The highest BCUT2D eigenvalue weighted by molar-refractivity contribution is 5.88. The summed E-state index contributed by atoms with van der Waals surface area (Å²) in [5.41, 5.74) is 5.70. The van der Waals surface area contributed by atoms with Crippen LogP contribution in [0.3, 0.4) is 0 Å². The fourth-order valence-corrected chi connectivity index (χ4v) is 5.97. The van der Waals surface area contributed by atoms with Crippen LogP contribution in [0.5, 0.6) is 0 Å². The first-order valence-electron chi connectivity index (χ1n) is 13.3. The summed E-state index contributed by atoms with van der Waals surface area (Å²) in [6, 6.07) is 8.86. The maximum Gasteiger partial charge on any atom is 0.252 e. The van der Waals surface area contributed by atoms with E-state index in [1.807, 2.05) is 17.9 Å². The highest BCUT2D eigenvalue weighted by atomic mass is 16.5. The van der Waals surface area contributed by atoms with Gasteiger partial charge in [0.2, 0.25) is 0 Å². The molecule has 6 rings (SSSR count). The zero-order valence-corrected chi connectivity index (χ0v) is 22.0. The van der Waals surface area contributed by atoms with Gasteiger partial charge in [0.1, 0.15) is 11.7 Å².